The zero-order chi connectivity index (χ0) is 34.9. The second kappa shape index (κ2) is 11.9. The summed E-state index contributed by atoms with van der Waals surface area (Å²) in [5.41, 5.74) is 9.68. The van der Waals surface area contributed by atoms with Crippen molar-refractivity contribution >= 4 is 92.1 Å². The van der Waals surface area contributed by atoms with Gasteiger partial charge < -0.3 is 9.32 Å². The number of fused-ring (bicyclic) bond motifs is 9. The monoisotopic (exact) mass is 693 g/mol. The predicted octanol–water partition coefficient (Wildman–Crippen LogP) is 15.1. The Morgan fingerprint density at radius 3 is 1.94 bits per heavy atom. The summed E-state index contributed by atoms with van der Waals surface area (Å²) in [4.78, 5) is 2.46. The van der Waals surface area contributed by atoms with Crippen molar-refractivity contribution in [1.29, 1.82) is 0 Å². The summed E-state index contributed by atoms with van der Waals surface area (Å²) in [6.45, 7) is 0. The minimum Gasteiger partial charge on any atom is -0.455 e. The normalized spacial score (nSPS) is 11.8. The van der Waals surface area contributed by atoms with Gasteiger partial charge in [-0.3, -0.25) is 0 Å². The quantitative estimate of drug-likeness (QED) is 0.167. The fourth-order valence-electron chi connectivity index (χ4n) is 8.19. The van der Waals surface area contributed by atoms with Crippen molar-refractivity contribution in [3.05, 3.63) is 188 Å². The molecule has 3 heteroatoms. The topological polar surface area (TPSA) is 16.4 Å². The van der Waals surface area contributed by atoms with E-state index in [0.29, 0.717) is 0 Å². The van der Waals surface area contributed by atoms with Crippen molar-refractivity contribution in [2.24, 2.45) is 0 Å². The van der Waals surface area contributed by atoms with Gasteiger partial charge >= 0.3 is 0 Å². The largest absolute Gasteiger partial charge is 0.455 e. The van der Waals surface area contributed by atoms with Crippen molar-refractivity contribution in [2.45, 2.75) is 0 Å². The third kappa shape index (κ3) is 4.78. The van der Waals surface area contributed by atoms with E-state index in [9.17, 15) is 0 Å². The molecule has 0 saturated carbocycles. The third-order valence-electron chi connectivity index (χ3n) is 10.7. The van der Waals surface area contributed by atoms with Crippen molar-refractivity contribution in [2.75, 3.05) is 4.90 Å². The zero-order valence-electron chi connectivity index (χ0n) is 28.7. The van der Waals surface area contributed by atoms with Crippen molar-refractivity contribution in [1.82, 2.24) is 0 Å². The van der Waals surface area contributed by atoms with Gasteiger partial charge in [-0.1, -0.05) is 140 Å². The molecule has 11 aromatic rings. The Balaban J connectivity index is 1.19. The summed E-state index contributed by atoms with van der Waals surface area (Å²) in [5, 5.41) is 9.69. The smallest absolute Gasteiger partial charge is 0.145 e. The average Bonchev–Trinajstić information content (AvgIpc) is 3.81. The number of hydrogen-bond acceptors (Lipinski definition) is 3. The van der Waals surface area contributed by atoms with Crippen LogP contribution >= 0.6 is 11.3 Å². The van der Waals surface area contributed by atoms with Gasteiger partial charge in [0.2, 0.25) is 0 Å². The first-order valence-electron chi connectivity index (χ1n) is 18.0. The van der Waals surface area contributed by atoms with Crippen LogP contribution in [0.5, 0.6) is 0 Å². The predicted molar refractivity (Wildman–Crippen MR) is 227 cm³/mol. The minimum absolute atomic E-state index is 0.876. The summed E-state index contributed by atoms with van der Waals surface area (Å²) in [5.74, 6) is 0. The molecule has 0 radical (unpaired) electrons. The van der Waals surface area contributed by atoms with E-state index in [-0.39, 0.29) is 0 Å². The first-order valence-corrected chi connectivity index (χ1v) is 18.8. The molecule has 0 fully saturated rings. The maximum absolute atomic E-state index is 6.85. The molecule has 0 aliphatic heterocycles. The SMILES string of the molecule is c1ccc(-c2ccc(-c3ccc(N(c4ccc5c(ccc6ccccc65)c4)c4cccc5sc6ccccc6c45)c4c3oc3ccccc34)cc2)cc1. The maximum Gasteiger partial charge on any atom is 0.145 e. The Labute approximate surface area is 310 Å². The van der Waals surface area contributed by atoms with E-state index in [4.69, 9.17) is 4.42 Å². The first-order chi connectivity index (χ1) is 26.3. The van der Waals surface area contributed by atoms with Crippen LogP contribution in [0.25, 0.3) is 85.9 Å². The van der Waals surface area contributed by atoms with Crippen molar-refractivity contribution < 1.29 is 4.42 Å². The number of thiophene rings is 1. The summed E-state index contributed by atoms with van der Waals surface area (Å²) in [6.07, 6.45) is 0. The van der Waals surface area contributed by atoms with Crippen LogP contribution in [0.15, 0.2) is 192 Å². The molecule has 248 valence electrons. The number of benzene rings is 9. The van der Waals surface area contributed by atoms with Gasteiger partial charge in [0.15, 0.2) is 0 Å². The highest BCUT2D eigenvalue weighted by Crippen LogP contribution is 2.50. The second-order valence-electron chi connectivity index (χ2n) is 13.7. The Morgan fingerprint density at radius 2 is 1.06 bits per heavy atom. The van der Waals surface area contributed by atoms with E-state index >= 15 is 0 Å². The molecule has 0 unspecified atom stereocenters. The lowest BCUT2D eigenvalue weighted by Gasteiger charge is -2.28. The standard InChI is InChI=1S/C50H31NOS/c1-2-11-32(12-3-1)33-21-23-35(24-22-33)40-29-30-44(49-41-15-6-8-18-45(41)52-50(40)49)51(43-17-10-20-47-48(43)42-16-7-9-19-46(42)53-47)37-27-28-39-36(31-37)26-25-34-13-4-5-14-38(34)39/h1-31H. The molecule has 2 nitrogen and oxygen atoms in total. The summed E-state index contributed by atoms with van der Waals surface area (Å²) in [7, 11) is 0. The van der Waals surface area contributed by atoms with Crippen LogP contribution in [-0.4, -0.2) is 0 Å². The lowest BCUT2D eigenvalue weighted by Crippen LogP contribution is -2.11. The summed E-state index contributed by atoms with van der Waals surface area (Å²) < 4.78 is 9.40. The molecule has 53 heavy (non-hydrogen) atoms. The van der Waals surface area contributed by atoms with E-state index in [1.165, 1.54) is 52.8 Å². The molecule has 0 aliphatic carbocycles. The van der Waals surface area contributed by atoms with Crippen LogP contribution in [0.3, 0.4) is 0 Å². The van der Waals surface area contributed by atoms with Gasteiger partial charge in [-0.15, -0.1) is 11.3 Å². The number of anilines is 3. The number of furan rings is 1. The Morgan fingerprint density at radius 1 is 0.396 bits per heavy atom. The number of nitrogens with zero attached hydrogens (tertiary/aromatic N) is 1. The van der Waals surface area contributed by atoms with Crippen LogP contribution in [0.1, 0.15) is 0 Å². The lowest BCUT2D eigenvalue weighted by molar-refractivity contribution is 0.670. The van der Waals surface area contributed by atoms with Gasteiger partial charge in [0.05, 0.1) is 16.8 Å². The summed E-state index contributed by atoms with van der Waals surface area (Å²) in [6, 6.07) is 67.9. The first kappa shape index (κ1) is 30.0. The van der Waals surface area contributed by atoms with Crippen LogP contribution in [0.2, 0.25) is 0 Å². The van der Waals surface area contributed by atoms with Gasteiger partial charge in [0.1, 0.15) is 11.2 Å². The second-order valence-corrected chi connectivity index (χ2v) is 14.7. The van der Waals surface area contributed by atoms with Gasteiger partial charge in [0.25, 0.3) is 0 Å². The fourth-order valence-corrected chi connectivity index (χ4v) is 9.31. The number of hydrogen-bond donors (Lipinski definition) is 0. The molecule has 11 rings (SSSR count). The molecule has 9 aromatic carbocycles. The fraction of sp³-hybridized carbons (Fsp3) is 0. The Bertz CT molecular complexity index is 3170. The van der Waals surface area contributed by atoms with Crippen LogP contribution in [-0.2, 0) is 0 Å². The van der Waals surface area contributed by atoms with Gasteiger partial charge in [0, 0.05) is 36.8 Å². The molecule has 0 atom stereocenters. The molecule has 0 aliphatic rings. The van der Waals surface area contributed by atoms with E-state index in [1.807, 2.05) is 11.3 Å². The van der Waals surface area contributed by atoms with E-state index in [0.717, 1.165) is 50.1 Å². The highest BCUT2D eigenvalue weighted by atomic mass is 32.1. The highest BCUT2D eigenvalue weighted by molar-refractivity contribution is 7.26. The molecule has 0 saturated heterocycles. The zero-order valence-corrected chi connectivity index (χ0v) is 29.5. The molecular formula is C50H31NOS. The van der Waals surface area contributed by atoms with E-state index < -0.39 is 0 Å². The molecule has 0 bridgehead atoms. The molecule has 2 aromatic heterocycles. The maximum atomic E-state index is 6.85. The van der Waals surface area contributed by atoms with Crippen molar-refractivity contribution in [3.63, 3.8) is 0 Å². The molecule has 0 N–H and O–H groups in total. The van der Waals surface area contributed by atoms with Gasteiger partial charge in [-0.2, -0.15) is 0 Å². The van der Waals surface area contributed by atoms with E-state index in [1.54, 1.807) is 0 Å². The van der Waals surface area contributed by atoms with Crippen LogP contribution < -0.4 is 4.90 Å². The van der Waals surface area contributed by atoms with E-state index in [2.05, 4.69) is 193 Å². The number of para-hydroxylation sites is 1. The minimum atomic E-state index is 0.876. The summed E-state index contributed by atoms with van der Waals surface area (Å²) >= 11 is 1.85. The number of rotatable bonds is 5. The lowest BCUT2D eigenvalue weighted by atomic mass is 9.97. The average molecular weight is 694 g/mol. The van der Waals surface area contributed by atoms with Gasteiger partial charge in [-0.05, 0) is 86.8 Å². The molecular weight excluding hydrogens is 663 g/mol. The Hall–Kier alpha value is -6.68. The molecule has 0 spiro atoms. The molecule has 2 heterocycles. The Kier molecular flexibility index (Phi) is 6.76. The third-order valence-corrected chi connectivity index (χ3v) is 11.8. The van der Waals surface area contributed by atoms with Gasteiger partial charge in [-0.25, -0.2) is 0 Å². The highest BCUT2D eigenvalue weighted by Gasteiger charge is 2.24. The van der Waals surface area contributed by atoms with Crippen LogP contribution in [0.4, 0.5) is 17.1 Å². The molecule has 0 amide bonds. The van der Waals surface area contributed by atoms with Crippen molar-refractivity contribution in [3.8, 4) is 22.3 Å². The van der Waals surface area contributed by atoms with Crippen LogP contribution in [0, 0.1) is 0 Å².